The van der Waals surface area contributed by atoms with Gasteiger partial charge in [0, 0.05) is 6.07 Å². The fourth-order valence-electron chi connectivity index (χ4n) is 1.59. The molecule has 0 aliphatic rings. The van der Waals surface area contributed by atoms with Crippen molar-refractivity contribution in [1.29, 1.82) is 5.26 Å². The number of rotatable bonds is 2. The van der Waals surface area contributed by atoms with Gasteiger partial charge in [-0.2, -0.15) is 18.4 Å². The maximum atomic E-state index is 12.6. The predicted octanol–water partition coefficient (Wildman–Crippen LogP) is 3.66. The topological polar surface area (TPSA) is 71.9 Å². The van der Waals surface area contributed by atoms with E-state index in [4.69, 9.17) is 15.7 Å². The molecule has 0 atom stereocenters. The largest absolute Gasteiger partial charge is 0.455 e. The van der Waals surface area contributed by atoms with E-state index < -0.39 is 11.9 Å². The first-order valence-electron chi connectivity index (χ1n) is 5.82. The van der Waals surface area contributed by atoms with Gasteiger partial charge in [-0.05, 0) is 24.6 Å². The van der Waals surface area contributed by atoms with Crippen LogP contribution in [0.5, 0.6) is 11.5 Å². The van der Waals surface area contributed by atoms with Gasteiger partial charge in [0.25, 0.3) is 0 Å². The lowest BCUT2D eigenvalue weighted by Gasteiger charge is -2.13. The number of ether oxygens (including phenoxy) is 1. The van der Waals surface area contributed by atoms with Crippen LogP contribution in [0.4, 0.5) is 18.9 Å². The molecule has 4 nitrogen and oxygen atoms in total. The summed E-state index contributed by atoms with van der Waals surface area (Å²) in [4.78, 5) is 3.23. The quantitative estimate of drug-likeness (QED) is 0.917. The molecule has 0 saturated carbocycles. The van der Waals surface area contributed by atoms with Crippen molar-refractivity contribution in [2.24, 2.45) is 0 Å². The molecule has 0 unspecified atom stereocenters. The van der Waals surface area contributed by atoms with Gasteiger partial charge in [-0.1, -0.05) is 6.07 Å². The zero-order valence-corrected chi connectivity index (χ0v) is 10.9. The van der Waals surface area contributed by atoms with Gasteiger partial charge in [0.2, 0.25) is 0 Å². The number of pyridine rings is 1. The molecule has 7 heteroatoms. The van der Waals surface area contributed by atoms with E-state index in [0.717, 1.165) is 12.3 Å². The van der Waals surface area contributed by atoms with Crippen LogP contribution < -0.4 is 10.5 Å². The SMILES string of the molecule is Cc1ccc(C#N)cc1Oc1cc(C(F)(F)F)ncc1N. The highest BCUT2D eigenvalue weighted by Crippen LogP contribution is 2.35. The fraction of sp³-hybridized carbons (Fsp3) is 0.143. The van der Waals surface area contributed by atoms with Gasteiger partial charge in [0.1, 0.15) is 11.4 Å². The normalized spacial score (nSPS) is 11.0. The maximum Gasteiger partial charge on any atom is 0.433 e. The number of nitrogens with zero attached hydrogens (tertiary/aromatic N) is 2. The van der Waals surface area contributed by atoms with Crippen LogP contribution in [0.25, 0.3) is 0 Å². The Hall–Kier alpha value is -2.75. The third kappa shape index (κ3) is 3.23. The highest BCUT2D eigenvalue weighted by molar-refractivity contribution is 5.54. The molecule has 108 valence electrons. The van der Waals surface area contributed by atoms with Crippen LogP contribution in [-0.4, -0.2) is 4.98 Å². The molecule has 0 amide bonds. The maximum absolute atomic E-state index is 12.6. The number of aromatic nitrogens is 1. The molecule has 2 rings (SSSR count). The van der Waals surface area contributed by atoms with Crippen LogP contribution >= 0.6 is 0 Å². The second kappa shape index (κ2) is 5.32. The number of hydrogen-bond acceptors (Lipinski definition) is 4. The minimum atomic E-state index is -4.59. The molecular formula is C14H10F3N3O. The third-order valence-electron chi connectivity index (χ3n) is 2.72. The average molecular weight is 293 g/mol. The fourth-order valence-corrected chi connectivity index (χ4v) is 1.59. The minimum Gasteiger partial charge on any atom is -0.455 e. The summed E-state index contributed by atoms with van der Waals surface area (Å²) in [7, 11) is 0. The zero-order chi connectivity index (χ0) is 15.6. The Morgan fingerprint density at radius 2 is 1.95 bits per heavy atom. The number of halogens is 3. The molecule has 2 aromatic rings. The lowest BCUT2D eigenvalue weighted by molar-refractivity contribution is -0.141. The van der Waals surface area contributed by atoms with Crippen LogP contribution in [0, 0.1) is 18.3 Å². The molecule has 1 aromatic heterocycles. The molecular weight excluding hydrogens is 283 g/mol. The Bertz CT molecular complexity index is 720. The summed E-state index contributed by atoms with van der Waals surface area (Å²) in [6, 6.07) is 7.31. The lowest BCUT2D eigenvalue weighted by atomic mass is 10.1. The smallest absolute Gasteiger partial charge is 0.433 e. The minimum absolute atomic E-state index is 0.0234. The van der Waals surface area contributed by atoms with Crippen molar-refractivity contribution < 1.29 is 17.9 Å². The summed E-state index contributed by atoms with van der Waals surface area (Å²) in [5.74, 6) is 0.107. The highest BCUT2D eigenvalue weighted by atomic mass is 19.4. The van der Waals surface area contributed by atoms with Gasteiger partial charge in [0.05, 0.1) is 23.5 Å². The van der Waals surface area contributed by atoms with Crippen LogP contribution in [0.2, 0.25) is 0 Å². The van der Waals surface area contributed by atoms with Gasteiger partial charge < -0.3 is 10.5 Å². The molecule has 1 aromatic carbocycles. The molecule has 0 aliphatic heterocycles. The third-order valence-corrected chi connectivity index (χ3v) is 2.72. The highest BCUT2D eigenvalue weighted by Gasteiger charge is 2.33. The van der Waals surface area contributed by atoms with Gasteiger partial charge in [-0.15, -0.1) is 0 Å². The van der Waals surface area contributed by atoms with E-state index >= 15 is 0 Å². The van der Waals surface area contributed by atoms with Crippen molar-refractivity contribution in [1.82, 2.24) is 4.98 Å². The van der Waals surface area contributed by atoms with E-state index in [1.54, 1.807) is 19.1 Å². The summed E-state index contributed by atoms with van der Waals surface area (Å²) >= 11 is 0. The zero-order valence-electron chi connectivity index (χ0n) is 10.9. The number of nitrogen functional groups attached to an aromatic ring is 1. The van der Waals surface area contributed by atoms with Crippen molar-refractivity contribution in [3.63, 3.8) is 0 Å². The summed E-state index contributed by atoms with van der Waals surface area (Å²) in [5.41, 5.74) is 5.46. The van der Waals surface area contributed by atoms with Gasteiger partial charge >= 0.3 is 6.18 Å². The Morgan fingerprint density at radius 1 is 1.24 bits per heavy atom. The number of aryl methyl sites for hydroxylation is 1. The molecule has 0 spiro atoms. The van der Waals surface area contributed by atoms with E-state index in [0.29, 0.717) is 11.1 Å². The monoisotopic (exact) mass is 293 g/mol. The van der Waals surface area contributed by atoms with Crippen molar-refractivity contribution in [3.8, 4) is 17.6 Å². The number of nitrogens with two attached hydrogens (primary N) is 1. The molecule has 0 saturated heterocycles. The molecule has 21 heavy (non-hydrogen) atoms. The first kappa shape index (κ1) is 14.7. The van der Waals surface area contributed by atoms with Crippen LogP contribution in [-0.2, 0) is 6.18 Å². The molecule has 2 N–H and O–H groups in total. The van der Waals surface area contributed by atoms with Crippen molar-refractivity contribution in [2.45, 2.75) is 13.1 Å². The van der Waals surface area contributed by atoms with E-state index in [-0.39, 0.29) is 17.2 Å². The molecule has 0 bridgehead atoms. The second-order valence-electron chi connectivity index (χ2n) is 4.30. The van der Waals surface area contributed by atoms with E-state index in [2.05, 4.69) is 4.98 Å². The Balaban J connectivity index is 2.42. The Labute approximate surface area is 118 Å². The van der Waals surface area contributed by atoms with E-state index in [1.165, 1.54) is 6.07 Å². The summed E-state index contributed by atoms with van der Waals surface area (Å²) in [5, 5.41) is 8.84. The van der Waals surface area contributed by atoms with Gasteiger partial charge in [-0.25, -0.2) is 4.98 Å². The number of hydrogen-bond donors (Lipinski definition) is 1. The number of alkyl halides is 3. The van der Waals surface area contributed by atoms with Crippen molar-refractivity contribution >= 4 is 5.69 Å². The Kier molecular flexibility index (Phi) is 3.72. The predicted molar refractivity (Wildman–Crippen MR) is 69.6 cm³/mol. The van der Waals surface area contributed by atoms with E-state index in [9.17, 15) is 13.2 Å². The average Bonchev–Trinajstić information content (AvgIpc) is 2.42. The molecule has 0 aliphatic carbocycles. The lowest BCUT2D eigenvalue weighted by Crippen LogP contribution is -2.08. The standard InChI is InChI=1S/C14H10F3N3O/c1-8-2-3-9(6-18)4-11(8)21-12-5-13(14(15,16)17)20-7-10(12)19/h2-5,7H,19H2,1H3. The first-order valence-corrected chi connectivity index (χ1v) is 5.82. The molecule has 0 radical (unpaired) electrons. The molecule has 0 fully saturated rings. The van der Waals surface area contributed by atoms with Gasteiger partial charge in [-0.3, -0.25) is 0 Å². The van der Waals surface area contributed by atoms with E-state index in [1.807, 2.05) is 6.07 Å². The van der Waals surface area contributed by atoms with Crippen LogP contribution in [0.3, 0.4) is 0 Å². The summed E-state index contributed by atoms with van der Waals surface area (Å²) in [6.45, 7) is 1.71. The second-order valence-corrected chi connectivity index (χ2v) is 4.30. The van der Waals surface area contributed by atoms with Gasteiger partial charge in [0.15, 0.2) is 5.75 Å². The van der Waals surface area contributed by atoms with Crippen molar-refractivity contribution in [2.75, 3.05) is 5.73 Å². The number of anilines is 1. The van der Waals surface area contributed by atoms with Crippen LogP contribution in [0.15, 0.2) is 30.5 Å². The molecule has 1 heterocycles. The summed E-state index contributed by atoms with van der Waals surface area (Å²) < 4.78 is 43.3. The van der Waals surface area contributed by atoms with Crippen LogP contribution in [0.1, 0.15) is 16.8 Å². The first-order chi connectivity index (χ1) is 9.81. The summed E-state index contributed by atoms with van der Waals surface area (Å²) in [6.07, 6.45) is -3.70. The number of benzene rings is 1. The van der Waals surface area contributed by atoms with Crippen molar-refractivity contribution in [3.05, 3.63) is 47.3 Å². The number of nitriles is 1. The Morgan fingerprint density at radius 3 is 2.57 bits per heavy atom.